The molecule has 0 spiro atoms. The quantitative estimate of drug-likeness (QED) is 0.638. The largest absolute Gasteiger partial charge is 0.396 e. The van der Waals surface area contributed by atoms with Gasteiger partial charge in [-0.05, 0) is 61.8 Å². The summed E-state index contributed by atoms with van der Waals surface area (Å²) >= 11 is 0. The lowest BCUT2D eigenvalue weighted by molar-refractivity contribution is -0.117. The summed E-state index contributed by atoms with van der Waals surface area (Å²) in [5.74, 6) is 0.330. The Balaban J connectivity index is 1.51. The Labute approximate surface area is 142 Å². The molecule has 24 heavy (non-hydrogen) atoms. The smallest absolute Gasteiger partial charge is 0.251 e. The molecule has 128 valence electrons. The number of hydrogen-bond acceptors (Lipinski definition) is 3. The zero-order valence-corrected chi connectivity index (χ0v) is 13.7. The Kier molecular flexibility index (Phi) is 5.30. The maximum absolute atomic E-state index is 12.0. The fraction of sp³-hybridized carbons (Fsp3) is 0.474. The van der Waals surface area contributed by atoms with E-state index >= 15 is 0 Å². The third-order valence-corrected chi connectivity index (χ3v) is 4.47. The lowest BCUT2D eigenvalue weighted by atomic mass is 10.1. The van der Waals surface area contributed by atoms with Crippen LogP contribution in [0.3, 0.4) is 0 Å². The van der Waals surface area contributed by atoms with Crippen LogP contribution in [0.1, 0.15) is 48.0 Å². The highest BCUT2D eigenvalue weighted by molar-refractivity contribution is 5.95. The molecule has 0 heterocycles. The van der Waals surface area contributed by atoms with Crippen molar-refractivity contribution in [2.24, 2.45) is 5.92 Å². The summed E-state index contributed by atoms with van der Waals surface area (Å²) in [6.45, 7) is 0.0928. The van der Waals surface area contributed by atoms with Crippen molar-refractivity contribution in [2.45, 2.75) is 44.2 Å². The molecule has 2 saturated carbocycles. The minimum Gasteiger partial charge on any atom is -0.396 e. The van der Waals surface area contributed by atoms with E-state index in [1.54, 1.807) is 18.2 Å². The maximum Gasteiger partial charge on any atom is 0.251 e. The zero-order chi connectivity index (χ0) is 16.9. The number of nitrogens with one attached hydrogen (secondary N) is 2. The molecule has 0 aromatic heterocycles. The average Bonchev–Trinajstić information content (AvgIpc) is 3.46. The molecule has 1 atom stereocenters. The van der Waals surface area contributed by atoms with Crippen LogP contribution in [0.2, 0.25) is 0 Å². The molecule has 5 heteroatoms. The minimum atomic E-state index is -0.143. The van der Waals surface area contributed by atoms with E-state index in [0.717, 1.165) is 31.2 Å². The second-order valence-corrected chi connectivity index (χ2v) is 6.67. The summed E-state index contributed by atoms with van der Waals surface area (Å²) in [6.07, 6.45) is 8.24. The highest BCUT2D eigenvalue weighted by Gasteiger charge is 2.31. The summed E-state index contributed by atoms with van der Waals surface area (Å²) in [5, 5.41) is 15.0. The Hall–Kier alpha value is -2.14. The normalized spacial score (nSPS) is 18.4. The van der Waals surface area contributed by atoms with E-state index in [4.69, 9.17) is 5.11 Å². The van der Waals surface area contributed by atoms with Gasteiger partial charge in [-0.25, -0.2) is 0 Å². The van der Waals surface area contributed by atoms with E-state index in [1.807, 2.05) is 12.1 Å². The van der Waals surface area contributed by atoms with E-state index in [0.29, 0.717) is 23.9 Å². The fourth-order valence-electron chi connectivity index (χ4n) is 2.71. The van der Waals surface area contributed by atoms with Crippen LogP contribution in [0.15, 0.2) is 30.3 Å². The van der Waals surface area contributed by atoms with Crippen LogP contribution < -0.4 is 10.6 Å². The number of benzene rings is 1. The van der Waals surface area contributed by atoms with Gasteiger partial charge in [0.1, 0.15) is 0 Å². The van der Waals surface area contributed by atoms with E-state index in [1.165, 1.54) is 6.08 Å². The average molecular weight is 328 g/mol. The van der Waals surface area contributed by atoms with Gasteiger partial charge in [0.05, 0.1) is 0 Å². The first-order chi connectivity index (χ1) is 11.7. The summed E-state index contributed by atoms with van der Waals surface area (Å²) in [6, 6.07) is 7.62. The van der Waals surface area contributed by atoms with Gasteiger partial charge >= 0.3 is 0 Å². The fourth-order valence-corrected chi connectivity index (χ4v) is 2.71. The highest BCUT2D eigenvalue weighted by atomic mass is 16.3. The van der Waals surface area contributed by atoms with Crippen molar-refractivity contribution in [2.75, 3.05) is 6.61 Å². The highest BCUT2D eigenvalue weighted by Crippen LogP contribution is 2.33. The number of amides is 2. The molecule has 0 saturated heterocycles. The third-order valence-electron chi connectivity index (χ3n) is 4.47. The maximum atomic E-state index is 12.0. The first-order valence-corrected chi connectivity index (χ1v) is 8.66. The topological polar surface area (TPSA) is 78.4 Å². The third kappa shape index (κ3) is 4.93. The van der Waals surface area contributed by atoms with Gasteiger partial charge < -0.3 is 15.7 Å². The van der Waals surface area contributed by atoms with Crippen LogP contribution in [0.4, 0.5) is 0 Å². The van der Waals surface area contributed by atoms with Crippen molar-refractivity contribution in [1.29, 1.82) is 0 Å². The number of aliphatic hydroxyl groups excluding tert-OH is 1. The van der Waals surface area contributed by atoms with Crippen molar-refractivity contribution < 1.29 is 14.7 Å². The molecule has 1 aromatic carbocycles. The van der Waals surface area contributed by atoms with Gasteiger partial charge in [0.15, 0.2) is 0 Å². The minimum absolute atomic E-state index is 0.0398. The van der Waals surface area contributed by atoms with E-state index in [-0.39, 0.29) is 24.5 Å². The van der Waals surface area contributed by atoms with Crippen LogP contribution in [0.25, 0.3) is 6.08 Å². The molecule has 3 rings (SSSR count). The molecule has 2 amide bonds. The summed E-state index contributed by atoms with van der Waals surface area (Å²) in [4.78, 5) is 23.9. The molecular weight excluding hydrogens is 304 g/mol. The summed E-state index contributed by atoms with van der Waals surface area (Å²) in [7, 11) is 0. The van der Waals surface area contributed by atoms with E-state index in [9.17, 15) is 9.59 Å². The lowest BCUT2D eigenvalue weighted by Crippen LogP contribution is -2.36. The number of carbonyl (C=O) groups excluding carboxylic acids is 2. The second kappa shape index (κ2) is 7.62. The van der Waals surface area contributed by atoms with Gasteiger partial charge in [-0.3, -0.25) is 9.59 Å². The van der Waals surface area contributed by atoms with Crippen LogP contribution in [0.5, 0.6) is 0 Å². The van der Waals surface area contributed by atoms with Crippen molar-refractivity contribution in [3.05, 3.63) is 41.5 Å². The number of hydrogen-bond donors (Lipinski definition) is 3. The summed E-state index contributed by atoms with van der Waals surface area (Å²) in [5.41, 5.74) is 1.51. The first-order valence-electron chi connectivity index (χ1n) is 8.66. The molecule has 1 unspecified atom stereocenters. The van der Waals surface area contributed by atoms with Crippen molar-refractivity contribution >= 4 is 17.9 Å². The molecule has 1 aromatic rings. The lowest BCUT2D eigenvalue weighted by Gasteiger charge is -2.15. The van der Waals surface area contributed by atoms with Crippen LogP contribution in [0, 0.1) is 5.92 Å². The van der Waals surface area contributed by atoms with Crippen LogP contribution in [-0.2, 0) is 4.79 Å². The number of carbonyl (C=O) groups is 2. The van der Waals surface area contributed by atoms with Gasteiger partial charge in [0, 0.05) is 30.3 Å². The first kappa shape index (κ1) is 16.7. The van der Waals surface area contributed by atoms with Gasteiger partial charge in [0.25, 0.3) is 5.91 Å². The van der Waals surface area contributed by atoms with Gasteiger partial charge in [-0.15, -0.1) is 0 Å². The Bertz CT molecular complexity index is 616. The van der Waals surface area contributed by atoms with Gasteiger partial charge in [-0.2, -0.15) is 0 Å². The molecule has 2 aliphatic rings. The van der Waals surface area contributed by atoms with Crippen molar-refractivity contribution in [1.82, 2.24) is 10.6 Å². The van der Waals surface area contributed by atoms with E-state index in [2.05, 4.69) is 10.6 Å². The van der Waals surface area contributed by atoms with Crippen molar-refractivity contribution in [3.63, 3.8) is 0 Å². The predicted octanol–water partition coefficient (Wildman–Crippen LogP) is 1.87. The zero-order valence-electron chi connectivity index (χ0n) is 13.7. The van der Waals surface area contributed by atoms with Gasteiger partial charge in [-0.1, -0.05) is 12.1 Å². The van der Waals surface area contributed by atoms with Crippen molar-refractivity contribution in [3.8, 4) is 0 Å². The molecule has 0 aliphatic heterocycles. The molecule has 0 radical (unpaired) electrons. The van der Waals surface area contributed by atoms with Crippen LogP contribution in [-0.4, -0.2) is 35.6 Å². The standard InChI is InChI=1S/C19H24N2O3/c22-12-11-17(14-6-7-14)21-18(23)10-3-13-1-4-15(5-2-13)19(24)20-16-8-9-16/h1-5,10,14,16-17,22H,6-9,11-12H2,(H,20,24)(H,21,23)/b10-3+. The Morgan fingerprint density at radius 2 is 1.88 bits per heavy atom. The number of aliphatic hydroxyl groups is 1. The Morgan fingerprint density at radius 1 is 1.17 bits per heavy atom. The Morgan fingerprint density at radius 3 is 2.46 bits per heavy atom. The molecule has 3 N–H and O–H groups in total. The molecule has 2 aliphatic carbocycles. The monoisotopic (exact) mass is 328 g/mol. The molecule has 2 fully saturated rings. The molecular formula is C19H24N2O3. The SMILES string of the molecule is O=C(/C=C/c1ccc(C(=O)NC2CC2)cc1)NC(CCO)C1CC1. The second-order valence-electron chi connectivity index (χ2n) is 6.67. The van der Waals surface area contributed by atoms with Crippen LogP contribution >= 0.6 is 0 Å². The van der Waals surface area contributed by atoms with E-state index < -0.39 is 0 Å². The molecule has 0 bridgehead atoms. The predicted molar refractivity (Wildman–Crippen MR) is 92.3 cm³/mol. The van der Waals surface area contributed by atoms with Gasteiger partial charge in [0.2, 0.25) is 5.91 Å². The summed E-state index contributed by atoms with van der Waals surface area (Å²) < 4.78 is 0. The molecule has 5 nitrogen and oxygen atoms in total. The number of rotatable bonds is 8.